The summed E-state index contributed by atoms with van der Waals surface area (Å²) in [4.78, 5) is 1.58. The van der Waals surface area contributed by atoms with E-state index < -0.39 is 0 Å². The molecule has 2 nitrogen and oxygen atoms in total. The van der Waals surface area contributed by atoms with Crippen molar-refractivity contribution >= 4 is 11.5 Å². The van der Waals surface area contributed by atoms with Crippen molar-refractivity contribution in [2.24, 2.45) is 0 Å². The average Bonchev–Trinajstić information content (AvgIpc) is 2.67. The van der Waals surface area contributed by atoms with Crippen LogP contribution in [0.3, 0.4) is 0 Å². The molecule has 0 spiro atoms. The summed E-state index contributed by atoms with van der Waals surface area (Å²) in [5.41, 5.74) is 2.53. The Bertz CT molecular complexity index is 660. The second-order valence-corrected chi connectivity index (χ2v) is 4.64. The number of nitrogens with one attached hydrogen (secondary N) is 1. The first-order chi connectivity index (χ1) is 9.08. The first-order valence-electron chi connectivity index (χ1n) is 5.98. The standard InChI is InChI=1S/C15H12F2N2/c1-9-3-2-4-13(17)14(9)19-8-10-5-6-11(16)7-12(10)15(19)18/h2-7,18H,8H2,1H3. The van der Waals surface area contributed by atoms with Crippen molar-refractivity contribution in [2.45, 2.75) is 13.5 Å². The molecule has 1 aliphatic heterocycles. The summed E-state index contributed by atoms with van der Waals surface area (Å²) in [6.45, 7) is 2.20. The van der Waals surface area contributed by atoms with Gasteiger partial charge in [-0.3, -0.25) is 5.41 Å². The van der Waals surface area contributed by atoms with Gasteiger partial charge in [-0.2, -0.15) is 0 Å². The van der Waals surface area contributed by atoms with Gasteiger partial charge >= 0.3 is 0 Å². The molecule has 1 N–H and O–H groups in total. The summed E-state index contributed by atoms with van der Waals surface area (Å²) in [7, 11) is 0. The zero-order valence-electron chi connectivity index (χ0n) is 10.4. The van der Waals surface area contributed by atoms with Crippen LogP contribution in [-0.2, 0) is 6.54 Å². The highest BCUT2D eigenvalue weighted by atomic mass is 19.1. The normalized spacial score (nSPS) is 13.8. The van der Waals surface area contributed by atoms with E-state index in [0.29, 0.717) is 17.8 Å². The number of hydrogen-bond donors (Lipinski definition) is 1. The highest BCUT2D eigenvalue weighted by Gasteiger charge is 2.28. The number of halogens is 2. The van der Waals surface area contributed by atoms with Crippen LogP contribution >= 0.6 is 0 Å². The number of anilines is 1. The Morgan fingerprint density at radius 1 is 1.16 bits per heavy atom. The Morgan fingerprint density at radius 2 is 1.95 bits per heavy atom. The Kier molecular flexibility index (Phi) is 2.59. The lowest BCUT2D eigenvalue weighted by atomic mass is 10.1. The molecule has 0 fully saturated rings. The summed E-state index contributed by atoms with van der Waals surface area (Å²) >= 11 is 0. The smallest absolute Gasteiger partial charge is 0.147 e. The van der Waals surface area contributed by atoms with Crippen molar-refractivity contribution in [3.05, 3.63) is 64.7 Å². The summed E-state index contributed by atoms with van der Waals surface area (Å²) in [5, 5.41) is 8.11. The van der Waals surface area contributed by atoms with Crippen LogP contribution < -0.4 is 4.90 Å². The average molecular weight is 258 g/mol. The van der Waals surface area contributed by atoms with Crippen LogP contribution in [0.1, 0.15) is 16.7 Å². The van der Waals surface area contributed by atoms with E-state index in [9.17, 15) is 8.78 Å². The second-order valence-electron chi connectivity index (χ2n) is 4.64. The number of benzene rings is 2. The number of fused-ring (bicyclic) bond motifs is 1. The van der Waals surface area contributed by atoms with E-state index in [1.54, 1.807) is 30.0 Å². The topological polar surface area (TPSA) is 27.1 Å². The fourth-order valence-corrected chi connectivity index (χ4v) is 2.46. The maximum Gasteiger partial charge on any atom is 0.147 e. The van der Waals surface area contributed by atoms with Gasteiger partial charge in [0.25, 0.3) is 0 Å². The van der Waals surface area contributed by atoms with Gasteiger partial charge in [0.05, 0.1) is 12.2 Å². The summed E-state index contributed by atoms with van der Waals surface area (Å²) < 4.78 is 27.2. The third kappa shape index (κ3) is 1.80. The molecule has 19 heavy (non-hydrogen) atoms. The van der Waals surface area contributed by atoms with Gasteiger partial charge in [-0.15, -0.1) is 0 Å². The molecule has 0 radical (unpaired) electrons. The summed E-state index contributed by atoms with van der Waals surface area (Å²) in [6.07, 6.45) is 0. The maximum atomic E-state index is 14.0. The number of aryl methyl sites for hydroxylation is 1. The van der Waals surface area contributed by atoms with Crippen LogP contribution in [0.15, 0.2) is 36.4 Å². The Hall–Kier alpha value is -2.23. The second kappa shape index (κ2) is 4.16. The SMILES string of the molecule is Cc1cccc(F)c1N1Cc2ccc(F)cc2C1=N. The van der Waals surface area contributed by atoms with Crippen LogP contribution in [0, 0.1) is 24.0 Å². The van der Waals surface area contributed by atoms with E-state index in [2.05, 4.69) is 0 Å². The zero-order valence-corrected chi connectivity index (χ0v) is 10.4. The first kappa shape index (κ1) is 11.8. The molecule has 1 aliphatic rings. The van der Waals surface area contributed by atoms with Crippen molar-refractivity contribution in [1.82, 2.24) is 0 Å². The number of amidine groups is 1. The molecule has 4 heteroatoms. The predicted octanol–water partition coefficient (Wildman–Crippen LogP) is 3.62. The molecule has 0 saturated carbocycles. The van der Waals surface area contributed by atoms with Crippen molar-refractivity contribution in [3.63, 3.8) is 0 Å². The molecule has 1 heterocycles. The van der Waals surface area contributed by atoms with E-state index in [0.717, 1.165) is 11.1 Å². The third-order valence-electron chi connectivity index (χ3n) is 3.38. The monoisotopic (exact) mass is 258 g/mol. The van der Waals surface area contributed by atoms with E-state index in [1.807, 2.05) is 0 Å². The summed E-state index contributed by atoms with van der Waals surface area (Å²) in [6, 6.07) is 9.15. The highest BCUT2D eigenvalue weighted by molar-refractivity contribution is 6.12. The zero-order chi connectivity index (χ0) is 13.6. The fourth-order valence-electron chi connectivity index (χ4n) is 2.46. The Labute approximate surface area is 109 Å². The van der Waals surface area contributed by atoms with Gasteiger partial charge in [-0.1, -0.05) is 18.2 Å². The lowest BCUT2D eigenvalue weighted by molar-refractivity contribution is 0.624. The highest BCUT2D eigenvalue weighted by Crippen LogP contribution is 2.32. The van der Waals surface area contributed by atoms with Gasteiger partial charge in [-0.05, 0) is 36.2 Å². The van der Waals surface area contributed by atoms with E-state index in [4.69, 9.17) is 5.41 Å². The van der Waals surface area contributed by atoms with Crippen LogP contribution in [0.2, 0.25) is 0 Å². The van der Waals surface area contributed by atoms with Crippen LogP contribution in [0.5, 0.6) is 0 Å². The van der Waals surface area contributed by atoms with E-state index in [1.165, 1.54) is 18.2 Å². The molecule has 0 aromatic heterocycles. The molecule has 3 rings (SSSR count). The molecule has 96 valence electrons. The lowest BCUT2D eigenvalue weighted by Gasteiger charge is -2.20. The number of nitrogens with zero attached hydrogens (tertiary/aromatic N) is 1. The van der Waals surface area contributed by atoms with Gasteiger partial charge in [0.2, 0.25) is 0 Å². The quantitative estimate of drug-likeness (QED) is 0.831. The minimum atomic E-state index is -0.379. The third-order valence-corrected chi connectivity index (χ3v) is 3.38. The fraction of sp³-hybridized carbons (Fsp3) is 0.133. The van der Waals surface area contributed by atoms with Crippen LogP contribution in [0.25, 0.3) is 0 Å². The maximum absolute atomic E-state index is 14.0. The van der Waals surface area contributed by atoms with Crippen LogP contribution in [0.4, 0.5) is 14.5 Å². The van der Waals surface area contributed by atoms with Crippen molar-refractivity contribution in [3.8, 4) is 0 Å². The van der Waals surface area contributed by atoms with Gasteiger partial charge in [0, 0.05) is 5.56 Å². The predicted molar refractivity (Wildman–Crippen MR) is 70.5 cm³/mol. The lowest BCUT2D eigenvalue weighted by Crippen LogP contribution is -2.25. The number of hydrogen-bond acceptors (Lipinski definition) is 1. The van der Waals surface area contributed by atoms with E-state index >= 15 is 0 Å². The van der Waals surface area contributed by atoms with Gasteiger partial charge < -0.3 is 4.90 Å². The van der Waals surface area contributed by atoms with Crippen molar-refractivity contribution in [2.75, 3.05) is 4.90 Å². The molecule has 2 aromatic rings. The molecule has 0 atom stereocenters. The minimum Gasteiger partial charge on any atom is -0.319 e. The minimum absolute atomic E-state index is 0.141. The van der Waals surface area contributed by atoms with Gasteiger partial charge in [-0.25, -0.2) is 8.78 Å². The molecular formula is C15H12F2N2. The molecule has 0 unspecified atom stereocenters. The number of para-hydroxylation sites is 1. The summed E-state index contributed by atoms with van der Waals surface area (Å²) in [5.74, 6) is -0.601. The first-order valence-corrected chi connectivity index (χ1v) is 5.98. The largest absolute Gasteiger partial charge is 0.319 e. The Balaban J connectivity index is 2.09. The van der Waals surface area contributed by atoms with Crippen molar-refractivity contribution < 1.29 is 8.78 Å². The molecule has 0 bridgehead atoms. The number of rotatable bonds is 1. The van der Waals surface area contributed by atoms with Gasteiger partial charge in [0.1, 0.15) is 17.5 Å². The van der Waals surface area contributed by atoms with Crippen LogP contribution in [-0.4, -0.2) is 5.84 Å². The van der Waals surface area contributed by atoms with Gasteiger partial charge in [0.15, 0.2) is 0 Å². The van der Waals surface area contributed by atoms with Crippen molar-refractivity contribution in [1.29, 1.82) is 5.41 Å². The molecule has 0 aliphatic carbocycles. The molecule has 2 aromatic carbocycles. The molecule has 0 saturated heterocycles. The Morgan fingerprint density at radius 3 is 2.68 bits per heavy atom. The molecule has 0 amide bonds. The molecular weight excluding hydrogens is 246 g/mol. The van der Waals surface area contributed by atoms with E-state index in [-0.39, 0.29) is 17.5 Å².